The second kappa shape index (κ2) is 9.10. The number of anilines is 2. The summed E-state index contributed by atoms with van der Waals surface area (Å²) in [5.74, 6) is -0.405. The van der Waals surface area contributed by atoms with Crippen molar-refractivity contribution in [3.05, 3.63) is 93.5 Å². The summed E-state index contributed by atoms with van der Waals surface area (Å²) in [6.45, 7) is 4.02. The first-order chi connectivity index (χ1) is 15.4. The Kier molecular flexibility index (Phi) is 6.26. The molecule has 0 unspecified atom stereocenters. The van der Waals surface area contributed by atoms with Gasteiger partial charge in [0.2, 0.25) is 0 Å². The van der Waals surface area contributed by atoms with Gasteiger partial charge < -0.3 is 10.1 Å². The summed E-state index contributed by atoms with van der Waals surface area (Å²) < 4.78 is 5.40. The second-order valence-corrected chi connectivity index (χ2v) is 8.82. The van der Waals surface area contributed by atoms with Crippen LogP contribution < -0.4 is 15.0 Å². The van der Waals surface area contributed by atoms with Crippen LogP contribution in [0, 0.1) is 13.8 Å². The first kappa shape index (κ1) is 22.0. The van der Waals surface area contributed by atoms with Crippen LogP contribution in [0.3, 0.4) is 0 Å². The molecule has 3 aromatic rings. The molecule has 162 valence electrons. The molecule has 0 radical (unpaired) electrons. The van der Waals surface area contributed by atoms with Gasteiger partial charge in [0.15, 0.2) is 0 Å². The number of carbonyl (C=O) groups is 2. The van der Waals surface area contributed by atoms with Crippen molar-refractivity contribution in [3.8, 4) is 5.75 Å². The Morgan fingerprint density at radius 2 is 1.62 bits per heavy atom. The molecule has 1 N–H and O–H groups in total. The van der Waals surface area contributed by atoms with Crippen LogP contribution in [0.15, 0.2) is 82.2 Å². The van der Waals surface area contributed by atoms with E-state index in [0.717, 1.165) is 26.6 Å². The molecule has 1 aliphatic heterocycles. The number of imide groups is 1. The van der Waals surface area contributed by atoms with Crippen LogP contribution >= 0.6 is 23.4 Å². The van der Waals surface area contributed by atoms with E-state index in [0.29, 0.717) is 21.4 Å². The molecule has 32 heavy (non-hydrogen) atoms. The van der Waals surface area contributed by atoms with Gasteiger partial charge in [0, 0.05) is 15.6 Å². The van der Waals surface area contributed by atoms with E-state index in [1.165, 1.54) is 18.9 Å². The van der Waals surface area contributed by atoms with Crippen LogP contribution in [-0.2, 0) is 9.59 Å². The quantitative estimate of drug-likeness (QED) is 0.456. The average Bonchev–Trinajstić information content (AvgIpc) is 3.01. The van der Waals surface area contributed by atoms with Gasteiger partial charge in [-0.05, 0) is 73.5 Å². The van der Waals surface area contributed by atoms with E-state index < -0.39 is 11.8 Å². The number of hydrogen-bond acceptors (Lipinski definition) is 5. The van der Waals surface area contributed by atoms with Gasteiger partial charge in [0.05, 0.1) is 12.8 Å². The molecule has 5 nitrogen and oxygen atoms in total. The van der Waals surface area contributed by atoms with E-state index in [2.05, 4.69) is 5.32 Å². The third-order valence-corrected chi connectivity index (χ3v) is 6.52. The molecular weight excluding hydrogens is 444 g/mol. The summed E-state index contributed by atoms with van der Waals surface area (Å²) in [6.07, 6.45) is 0. The fourth-order valence-electron chi connectivity index (χ4n) is 3.33. The minimum atomic E-state index is -0.436. The SMILES string of the molecule is COc1ccccc1N1C(=O)C(Nc2ccc(C)c(C)c2)=C(Sc2ccc(Cl)cc2)C1=O. The molecule has 0 atom stereocenters. The molecule has 0 fully saturated rings. The molecule has 1 aliphatic rings. The lowest BCUT2D eigenvalue weighted by Crippen LogP contribution is -2.32. The zero-order valence-corrected chi connectivity index (χ0v) is 19.4. The maximum absolute atomic E-state index is 13.5. The van der Waals surface area contributed by atoms with E-state index >= 15 is 0 Å². The van der Waals surface area contributed by atoms with Crippen molar-refractivity contribution >= 4 is 46.6 Å². The van der Waals surface area contributed by atoms with Gasteiger partial charge in [-0.2, -0.15) is 0 Å². The van der Waals surface area contributed by atoms with E-state index in [-0.39, 0.29) is 5.70 Å². The number of thioether (sulfide) groups is 1. The second-order valence-electron chi connectivity index (χ2n) is 7.30. The van der Waals surface area contributed by atoms with Crippen molar-refractivity contribution in [2.24, 2.45) is 0 Å². The van der Waals surface area contributed by atoms with Crippen molar-refractivity contribution in [3.63, 3.8) is 0 Å². The summed E-state index contributed by atoms with van der Waals surface area (Å²) in [6, 6.07) is 19.9. The third-order valence-electron chi connectivity index (χ3n) is 5.18. The van der Waals surface area contributed by atoms with Gasteiger partial charge in [0.25, 0.3) is 11.8 Å². The molecule has 0 aliphatic carbocycles. The lowest BCUT2D eigenvalue weighted by Gasteiger charge is -2.18. The fourth-order valence-corrected chi connectivity index (χ4v) is 4.38. The van der Waals surface area contributed by atoms with Crippen molar-refractivity contribution in [1.29, 1.82) is 0 Å². The van der Waals surface area contributed by atoms with Crippen LogP contribution in [0.4, 0.5) is 11.4 Å². The van der Waals surface area contributed by atoms with Crippen LogP contribution in [0.5, 0.6) is 5.75 Å². The molecule has 4 rings (SSSR count). The number of rotatable bonds is 6. The number of hydrogen-bond donors (Lipinski definition) is 1. The van der Waals surface area contributed by atoms with Crippen molar-refractivity contribution in [1.82, 2.24) is 0 Å². The standard InChI is InChI=1S/C25H21ClN2O3S/c1-15-8-11-18(14-16(15)2)27-22-23(32-19-12-9-17(26)10-13-19)25(30)28(24(22)29)20-6-4-5-7-21(20)31-3/h4-14,27H,1-3H3. The Bertz CT molecular complexity index is 1240. The zero-order chi connectivity index (χ0) is 22.8. The Morgan fingerprint density at radius 3 is 2.31 bits per heavy atom. The molecular formula is C25H21ClN2O3S. The minimum absolute atomic E-state index is 0.226. The number of amides is 2. The van der Waals surface area contributed by atoms with Gasteiger partial charge in [-0.25, -0.2) is 4.90 Å². The molecule has 3 aromatic carbocycles. The molecule has 1 heterocycles. The predicted molar refractivity (Wildman–Crippen MR) is 129 cm³/mol. The van der Waals surface area contributed by atoms with Gasteiger partial charge in [-0.15, -0.1) is 0 Å². The highest BCUT2D eigenvalue weighted by molar-refractivity contribution is 8.04. The summed E-state index contributed by atoms with van der Waals surface area (Å²) in [7, 11) is 1.51. The lowest BCUT2D eigenvalue weighted by molar-refractivity contribution is -0.120. The van der Waals surface area contributed by atoms with Crippen molar-refractivity contribution in [2.45, 2.75) is 18.7 Å². The molecule has 0 bridgehead atoms. The largest absolute Gasteiger partial charge is 0.495 e. The maximum atomic E-state index is 13.5. The number of nitrogens with zero attached hydrogens (tertiary/aromatic N) is 1. The normalized spacial score (nSPS) is 13.7. The number of para-hydroxylation sites is 2. The van der Waals surface area contributed by atoms with Gasteiger partial charge in [0.1, 0.15) is 16.4 Å². The summed E-state index contributed by atoms with van der Waals surface area (Å²) in [4.78, 5) is 29.2. The number of nitrogens with one attached hydrogen (secondary N) is 1. The van der Waals surface area contributed by atoms with E-state index in [1.54, 1.807) is 36.4 Å². The number of ether oxygens (including phenoxy) is 1. The van der Waals surface area contributed by atoms with Crippen LogP contribution in [0.2, 0.25) is 5.02 Å². The fraction of sp³-hybridized carbons (Fsp3) is 0.120. The van der Waals surface area contributed by atoms with E-state index in [4.69, 9.17) is 16.3 Å². The first-order valence-electron chi connectivity index (χ1n) is 9.93. The van der Waals surface area contributed by atoms with E-state index in [9.17, 15) is 9.59 Å². The summed E-state index contributed by atoms with van der Waals surface area (Å²) in [5, 5.41) is 3.79. The molecule has 0 spiro atoms. The minimum Gasteiger partial charge on any atom is -0.495 e. The molecule has 2 amide bonds. The Balaban J connectivity index is 1.77. The maximum Gasteiger partial charge on any atom is 0.283 e. The highest BCUT2D eigenvalue weighted by Crippen LogP contribution is 2.40. The molecule has 7 heteroatoms. The highest BCUT2D eigenvalue weighted by atomic mass is 35.5. The Labute approximate surface area is 196 Å². The highest BCUT2D eigenvalue weighted by Gasteiger charge is 2.41. The number of halogens is 1. The Hall–Kier alpha value is -3.22. The molecule has 0 saturated heterocycles. The monoisotopic (exact) mass is 464 g/mol. The smallest absolute Gasteiger partial charge is 0.283 e. The Morgan fingerprint density at radius 1 is 0.906 bits per heavy atom. The first-order valence-corrected chi connectivity index (χ1v) is 11.1. The number of methoxy groups -OCH3 is 1. The van der Waals surface area contributed by atoms with Crippen LogP contribution in [-0.4, -0.2) is 18.9 Å². The average molecular weight is 465 g/mol. The van der Waals surface area contributed by atoms with Crippen molar-refractivity contribution < 1.29 is 14.3 Å². The van der Waals surface area contributed by atoms with Gasteiger partial charge in [-0.3, -0.25) is 9.59 Å². The van der Waals surface area contributed by atoms with Crippen LogP contribution in [0.25, 0.3) is 0 Å². The molecule has 0 saturated carbocycles. The number of aryl methyl sites for hydroxylation is 2. The van der Waals surface area contributed by atoms with Crippen molar-refractivity contribution in [2.75, 3.05) is 17.3 Å². The van der Waals surface area contributed by atoms with Gasteiger partial charge >= 0.3 is 0 Å². The third kappa shape index (κ3) is 4.24. The predicted octanol–water partition coefficient (Wildman–Crippen LogP) is 5.95. The topological polar surface area (TPSA) is 58.6 Å². The van der Waals surface area contributed by atoms with E-state index in [1.807, 2.05) is 44.2 Å². The van der Waals surface area contributed by atoms with Crippen LogP contribution in [0.1, 0.15) is 11.1 Å². The zero-order valence-electron chi connectivity index (χ0n) is 17.8. The number of benzene rings is 3. The molecule has 0 aromatic heterocycles. The lowest BCUT2D eigenvalue weighted by atomic mass is 10.1. The summed E-state index contributed by atoms with van der Waals surface area (Å²) >= 11 is 7.23. The van der Waals surface area contributed by atoms with Gasteiger partial charge in [-0.1, -0.05) is 41.6 Å². The summed E-state index contributed by atoms with van der Waals surface area (Å²) in [5.41, 5.74) is 3.59. The number of carbonyl (C=O) groups excluding carboxylic acids is 2.